The third kappa shape index (κ3) is 2.75. The number of carbonyl (C=O) groups excluding carboxylic acids is 2. The molecule has 21 heavy (non-hydrogen) atoms. The molecule has 0 radical (unpaired) electrons. The normalized spacial score (nSPS) is 26.0. The lowest BCUT2D eigenvalue weighted by atomic mass is 9.86. The summed E-state index contributed by atoms with van der Waals surface area (Å²) in [6.45, 7) is 3.39. The third-order valence-corrected chi connectivity index (χ3v) is 5.26. The van der Waals surface area contributed by atoms with Gasteiger partial charge in [0, 0.05) is 6.54 Å². The van der Waals surface area contributed by atoms with Gasteiger partial charge in [0.15, 0.2) is 0 Å². The molecule has 0 aromatic heterocycles. The first-order valence-electron chi connectivity index (χ1n) is 7.02. The van der Waals surface area contributed by atoms with Gasteiger partial charge in [0.25, 0.3) is 0 Å². The van der Waals surface area contributed by atoms with Crippen LogP contribution in [-0.2, 0) is 19.1 Å². The van der Waals surface area contributed by atoms with Gasteiger partial charge in [-0.15, -0.1) is 0 Å². The summed E-state index contributed by atoms with van der Waals surface area (Å²) >= 11 is 2.29. The molecule has 0 N–H and O–H groups in total. The molecule has 0 bridgehead atoms. The van der Waals surface area contributed by atoms with Crippen LogP contribution in [-0.4, -0.2) is 49.7 Å². The molecule has 0 aromatic rings. The van der Waals surface area contributed by atoms with Crippen LogP contribution in [0.4, 0.5) is 0 Å². The highest BCUT2D eigenvalue weighted by atomic mass is 127. The summed E-state index contributed by atoms with van der Waals surface area (Å²) in [5, 5.41) is 0. The lowest BCUT2D eigenvalue weighted by molar-refractivity contribution is -0.139. The highest BCUT2D eigenvalue weighted by molar-refractivity contribution is 14.1. The minimum atomic E-state index is -0.511. The minimum absolute atomic E-state index is 0.431. The van der Waals surface area contributed by atoms with Crippen LogP contribution >= 0.6 is 22.6 Å². The Morgan fingerprint density at radius 1 is 1.33 bits per heavy atom. The van der Waals surface area contributed by atoms with E-state index in [0.717, 1.165) is 25.8 Å². The van der Waals surface area contributed by atoms with Crippen LogP contribution in [0.3, 0.4) is 0 Å². The highest BCUT2D eigenvalue weighted by Crippen LogP contribution is 2.46. The standard InChI is InChI=1S/C15H20INO4/c1-4-10(16)8-15-6-5-7-17(15)9-11(13(18)20-2)12(15)14(19)21-3/h8H,4-7,9H2,1-3H3/b10-8+. The zero-order valence-corrected chi connectivity index (χ0v) is 14.7. The number of halogens is 1. The van der Waals surface area contributed by atoms with E-state index in [0.29, 0.717) is 17.7 Å². The summed E-state index contributed by atoms with van der Waals surface area (Å²) in [6, 6.07) is 0. The van der Waals surface area contributed by atoms with E-state index in [1.807, 2.05) is 0 Å². The predicted octanol–water partition coefficient (Wildman–Crippen LogP) is 2.21. The number of ether oxygens (including phenoxy) is 2. The van der Waals surface area contributed by atoms with Crippen LogP contribution in [0.1, 0.15) is 26.2 Å². The second kappa shape index (κ2) is 6.48. The van der Waals surface area contributed by atoms with Crippen molar-refractivity contribution in [3.63, 3.8) is 0 Å². The van der Waals surface area contributed by atoms with E-state index in [2.05, 4.69) is 40.5 Å². The number of hydrogen-bond acceptors (Lipinski definition) is 5. The average Bonchev–Trinajstić information content (AvgIpc) is 3.00. The van der Waals surface area contributed by atoms with E-state index in [9.17, 15) is 9.59 Å². The number of nitrogens with zero attached hydrogens (tertiary/aromatic N) is 1. The fraction of sp³-hybridized carbons (Fsp3) is 0.600. The monoisotopic (exact) mass is 405 g/mol. The fourth-order valence-corrected chi connectivity index (χ4v) is 3.74. The summed E-state index contributed by atoms with van der Waals surface area (Å²) in [4.78, 5) is 26.5. The Kier molecular flexibility index (Phi) is 5.08. The van der Waals surface area contributed by atoms with E-state index >= 15 is 0 Å². The molecule has 0 aliphatic carbocycles. The predicted molar refractivity (Wildman–Crippen MR) is 87.0 cm³/mol. The SMILES string of the molecule is CC/C(I)=C\C12CCCN1CC(C(=O)OC)=C2C(=O)OC. The maximum atomic E-state index is 12.3. The first-order chi connectivity index (χ1) is 10.00. The van der Waals surface area contributed by atoms with Gasteiger partial charge < -0.3 is 9.47 Å². The van der Waals surface area contributed by atoms with Crippen molar-refractivity contribution in [1.29, 1.82) is 0 Å². The molecule has 6 heteroatoms. The number of methoxy groups -OCH3 is 2. The van der Waals surface area contributed by atoms with Gasteiger partial charge in [0.05, 0.1) is 30.9 Å². The molecular formula is C15H20INO4. The number of esters is 2. The number of carbonyl (C=O) groups is 2. The molecule has 5 nitrogen and oxygen atoms in total. The molecule has 2 heterocycles. The summed E-state index contributed by atoms with van der Waals surface area (Å²) in [7, 11) is 2.69. The Morgan fingerprint density at radius 2 is 2.00 bits per heavy atom. The van der Waals surface area contributed by atoms with Crippen LogP contribution in [0.15, 0.2) is 20.8 Å². The van der Waals surface area contributed by atoms with Gasteiger partial charge >= 0.3 is 11.9 Å². The smallest absolute Gasteiger partial charge is 0.336 e. The molecule has 0 amide bonds. The van der Waals surface area contributed by atoms with Gasteiger partial charge in [-0.3, -0.25) is 4.90 Å². The molecular weight excluding hydrogens is 385 g/mol. The van der Waals surface area contributed by atoms with E-state index in [1.165, 1.54) is 17.8 Å². The topological polar surface area (TPSA) is 55.8 Å². The van der Waals surface area contributed by atoms with Gasteiger partial charge in [-0.05, 0) is 52.0 Å². The van der Waals surface area contributed by atoms with Crippen molar-refractivity contribution in [3.8, 4) is 0 Å². The van der Waals surface area contributed by atoms with Crippen LogP contribution in [0, 0.1) is 0 Å². The van der Waals surface area contributed by atoms with Crippen molar-refractivity contribution >= 4 is 34.5 Å². The number of rotatable bonds is 4. The van der Waals surface area contributed by atoms with Gasteiger partial charge in [0.2, 0.25) is 0 Å². The molecule has 2 aliphatic heterocycles. The van der Waals surface area contributed by atoms with Gasteiger partial charge in [0.1, 0.15) is 0 Å². The molecule has 0 saturated carbocycles. The lowest BCUT2D eigenvalue weighted by Gasteiger charge is -2.31. The Labute approximate surface area is 138 Å². The summed E-state index contributed by atoms with van der Waals surface area (Å²) in [6.07, 6.45) is 4.84. The molecule has 1 saturated heterocycles. The highest BCUT2D eigenvalue weighted by Gasteiger charge is 2.53. The van der Waals surface area contributed by atoms with E-state index in [1.54, 1.807) is 0 Å². The first kappa shape index (κ1) is 16.5. The Balaban J connectivity index is 2.59. The maximum Gasteiger partial charge on any atom is 0.336 e. The number of allylic oxidation sites excluding steroid dienone is 1. The van der Waals surface area contributed by atoms with Gasteiger partial charge in [-0.25, -0.2) is 9.59 Å². The second-order valence-electron chi connectivity index (χ2n) is 5.23. The van der Waals surface area contributed by atoms with Crippen LogP contribution in [0.2, 0.25) is 0 Å². The molecule has 0 spiro atoms. The van der Waals surface area contributed by atoms with E-state index < -0.39 is 17.5 Å². The van der Waals surface area contributed by atoms with Crippen molar-refractivity contribution in [2.24, 2.45) is 0 Å². The maximum absolute atomic E-state index is 12.3. The van der Waals surface area contributed by atoms with Crippen molar-refractivity contribution in [2.45, 2.75) is 31.7 Å². The van der Waals surface area contributed by atoms with Crippen molar-refractivity contribution in [2.75, 3.05) is 27.3 Å². The second-order valence-corrected chi connectivity index (χ2v) is 6.62. The summed E-state index contributed by atoms with van der Waals surface area (Å²) in [5.41, 5.74) is 0.376. The van der Waals surface area contributed by atoms with Crippen molar-refractivity contribution in [3.05, 3.63) is 20.8 Å². The number of fused-ring (bicyclic) bond motifs is 1. The molecule has 1 unspecified atom stereocenters. The minimum Gasteiger partial charge on any atom is -0.466 e. The van der Waals surface area contributed by atoms with E-state index in [4.69, 9.17) is 9.47 Å². The fourth-order valence-electron chi connectivity index (χ4n) is 3.22. The van der Waals surface area contributed by atoms with Crippen LogP contribution in [0.5, 0.6) is 0 Å². The average molecular weight is 405 g/mol. The quantitative estimate of drug-likeness (QED) is 0.531. The largest absolute Gasteiger partial charge is 0.466 e. The lowest BCUT2D eigenvalue weighted by Crippen LogP contribution is -2.41. The molecule has 0 aromatic carbocycles. The first-order valence-corrected chi connectivity index (χ1v) is 8.10. The molecule has 2 aliphatic rings. The summed E-state index contributed by atoms with van der Waals surface area (Å²) < 4.78 is 11.0. The molecule has 2 rings (SSSR count). The van der Waals surface area contributed by atoms with Crippen LogP contribution in [0.25, 0.3) is 0 Å². The van der Waals surface area contributed by atoms with Crippen molar-refractivity contribution < 1.29 is 19.1 Å². The zero-order chi connectivity index (χ0) is 15.6. The zero-order valence-electron chi connectivity index (χ0n) is 12.6. The molecule has 1 atom stereocenters. The van der Waals surface area contributed by atoms with Crippen molar-refractivity contribution in [1.82, 2.24) is 4.90 Å². The molecule has 1 fully saturated rings. The summed E-state index contributed by atoms with van der Waals surface area (Å²) in [5.74, 6) is -0.875. The number of hydrogen-bond donors (Lipinski definition) is 0. The Hall–Kier alpha value is -0.890. The molecule has 116 valence electrons. The Morgan fingerprint density at radius 3 is 2.57 bits per heavy atom. The Bertz CT molecular complexity index is 526. The van der Waals surface area contributed by atoms with Gasteiger partial charge in [-0.1, -0.05) is 13.0 Å². The third-order valence-electron chi connectivity index (χ3n) is 4.19. The van der Waals surface area contributed by atoms with Gasteiger partial charge in [-0.2, -0.15) is 0 Å². The van der Waals surface area contributed by atoms with E-state index in [-0.39, 0.29) is 0 Å². The van der Waals surface area contributed by atoms with Crippen LogP contribution < -0.4 is 0 Å².